The van der Waals surface area contributed by atoms with E-state index in [1.54, 1.807) is 24.5 Å². The molecule has 1 heterocycles. The number of carbonyl (C=O) groups excluding carboxylic acids is 1. The number of halogens is 1. The fourth-order valence-electron chi connectivity index (χ4n) is 1.18. The van der Waals surface area contributed by atoms with Crippen molar-refractivity contribution in [1.29, 1.82) is 0 Å². The number of benzene rings is 1. The smallest absolute Gasteiger partial charge is 0.253 e. The molecule has 0 aliphatic carbocycles. The van der Waals surface area contributed by atoms with E-state index in [2.05, 4.69) is 27.5 Å². The average molecular weight is 280 g/mol. The van der Waals surface area contributed by atoms with Crippen LogP contribution in [-0.2, 0) is 0 Å². The maximum absolute atomic E-state index is 12.8. The SMILES string of the molecule is CNC(=O)c1ccccc1F.NC(=S)c1ncc[nH]1. The average Bonchev–Trinajstić information content (AvgIpc) is 2.93. The van der Waals surface area contributed by atoms with Gasteiger partial charge in [-0.05, 0) is 12.1 Å². The van der Waals surface area contributed by atoms with Crippen LogP contribution in [0, 0.1) is 5.82 Å². The fourth-order valence-corrected chi connectivity index (χ4v) is 1.29. The highest BCUT2D eigenvalue weighted by Crippen LogP contribution is 2.04. The molecule has 19 heavy (non-hydrogen) atoms. The minimum Gasteiger partial charge on any atom is -0.387 e. The number of hydrogen-bond acceptors (Lipinski definition) is 3. The summed E-state index contributed by atoms with van der Waals surface area (Å²) in [7, 11) is 1.47. The fraction of sp³-hybridized carbons (Fsp3) is 0.0833. The van der Waals surface area contributed by atoms with Gasteiger partial charge in [0.2, 0.25) is 0 Å². The number of thiocarbonyl (C=S) groups is 1. The Hall–Kier alpha value is -2.28. The van der Waals surface area contributed by atoms with E-state index in [0.717, 1.165) is 0 Å². The monoisotopic (exact) mass is 280 g/mol. The number of nitrogens with zero attached hydrogens (tertiary/aromatic N) is 1. The highest BCUT2D eigenvalue weighted by molar-refractivity contribution is 7.80. The van der Waals surface area contributed by atoms with Crippen LogP contribution in [0.3, 0.4) is 0 Å². The van der Waals surface area contributed by atoms with Crippen LogP contribution in [0.25, 0.3) is 0 Å². The first-order chi connectivity index (χ1) is 9.06. The van der Waals surface area contributed by atoms with Gasteiger partial charge in [-0.2, -0.15) is 0 Å². The van der Waals surface area contributed by atoms with E-state index in [1.807, 2.05) is 0 Å². The molecule has 0 unspecified atom stereocenters. The molecular weight excluding hydrogens is 267 g/mol. The Kier molecular flexibility index (Phi) is 5.62. The van der Waals surface area contributed by atoms with Crippen molar-refractivity contribution >= 4 is 23.1 Å². The van der Waals surface area contributed by atoms with Gasteiger partial charge in [-0.25, -0.2) is 9.37 Å². The van der Waals surface area contributed by atoms with Crippen LogP contribution >= 0.6 is 12.2 Å². The molecule has 0 atom stereocenters. The van der Waals surface area contributed by atoms with Crippen molar-refractivity contribution in [1.82, 2.24) is 15.3 Å². The lowest BCUT2D eigenvalue weighted by molar-refractivity contribution is 0.0959. The van der Waals surface area contributed by atoms with Crippen LogP contribution in [0.5, 0.6) is 0 Å². The number of hydrogen-bond donors (Lipinski definition) is 3. The lowest BCUT2D eigenvalue weighted by Crippen LogP contribution is -2.18. The van der Waals surface area contributed by atoms with Crippen LogP contribution in [0.15, 0.2) is 36.7 Å². The van der Waals surface area contributed by atoms with Crippen molar-refractivity contribution in [3.05, 3.63) is 53.9 Å². The summed E-state index contributed by atoms with van der Waals surface area (Å²) >= 11 is 4.60. The summed E-state index contributed by atoms with van der Waals surface area (Å²) in [5.74, 6) is -0.324. The summed E-state index contributed by atoms with van der Waals surface area (Å²) in [5, 5.41) is 2.34. The summed E-state index contributed by atoms with van der Waals surface area (Å²) in [4.78, 5) is 17.7. The molecule has 0 aliphatic rings. The molecule has 4 N–H and O–H groups in total. The van der Waals surface area contributed by atoms with Crippen molar-refractivity contribution in [3.63, 3.8) is 0 Å². The maximum atomic E-state index is 12.8. The van der Waals surface area contributed by atoms with Crippen molar-refractivity contribution < 1.29 is 9.18 Å². The van der Waals surface area contributed by atoms with Gasteiger partial charge in [-0.15, -0.1) is 0 Å². The summed E-state index contributed by atoms with van der Waals surface area (Å²) < 4.78 is 12.8. The molecule has 0 aliphatic heterocycles. The van der Waals surface area contributed by atoms with Crippen molar-refractivity contribution in [3.8, 4) is 0 Å². The van der Waals surface area contributed by atoms with Crippen molar-refractivity contribution in [2.75, 3.05) is 7.05 Å². The quantitative estimate of drug-likeness (QED) is 0.722. The lowest BCUT2D eigenvalue weighted by Gasteiger charge is -1.98. The molecule has 0 fully saturated rings. The Morgan fingerprint density at radius 2 is 2.16 bits per heavy atom. The van der Waals surface area contributed by atoms with Gasteiger partial charge in [0.15, 0.2) is 5.82 Å². The van der Waals surface area contributed by atoms with E-state index in [9.17, 15) is 9.18 Å². The highest BCUT2D eigenvalue weighted by atomic mass is 32.1. The minimum atomic E-state index is -0.494. The van der Waals surface area contributed by atoms with E-state index >= 15 is 0 Å². The topological polar surface area (TPSA) is 83.8 Å². The minimum absolute atomic E-state index is 0.0787. The van der Waals surface area contributed by atoms with E-state index < -0.39 is 11.7 Å². The Labute approximate surface area is 115 Å². The maximum Gasteiger partial charge on any atom is 0.253 e. The summed E-state index contributed by atoms with van der Waals surface area (Å²) in [6.45, 7) is 0. The summed E-state index contributed by atoms with van der Waals surface area (Å²) in [6.07, 6.45) is 3.28. The molecule has 7 heteroatoms. The summed E-state index contributed by atoms with van der Waals surface area (Å²) in [5.41, 5.74) is 5.27. The number of nitrogens with one attached hydrogen (secondary N) is 2. The number of rotatable bonds is 2. The molecule has 100 valence electrons. The first kappa shape index (κ1) is 14.8. The van der Waals surface area contributed by atoms with Gasteiger partial charge >= 0.3 is 0 Å². The molecule has 1 aromatic carbocycles. The number of aromatic nitrogens is 2. The Morgan fingerprint density at radius 3 is 2.58 bits per heavy atom. The van der Waals surface area contributed by atoms with Crippen LogP contribution in [0.2, 0.25) is 0 Å². The number of H-pyrrole nitrogens is 1. The molecule has 0 saturated carbocycles. The Balaban J connectivity index is 0.000000200. The number of aromatic amines is 1. The number of imidazole rings is 1. The van der Waals surface area contributed by atoms with Gasteiger partial charge in [-0.1, -0.05) is 24.4 Å². The van der Waals surface area contributed by atoms with E-state index in [-0.39, 0.29) is 5.56 Å². The molecule has 0 bridgehead atoms. The number of carbonyl (C=O) groups is 1. The van der Waals surface area contributed by atoms with E-state index in [0.29, 0.717) is 10.8 Å². The third-order valence-corrected chi connectivity index (χ3v) is 2.27. The highest BCUT2D eigenvalue weighted by Gasteiger charge is 2.06. The van der Waals surface area contributed by atoms with Crippen LogP contribution in [0.4, 0.5) is 4.39 Å². The zero-order valence-electron chi connectivity index (χ0n) is 10.2. The third-order valence-electron chi connectivity index (χ3n) is 2.08. The second kappa shape index (κ2) is 7.22. The van der Waals surface area contributed by atoms with Crippen LogP contribution in [-0.4, -0.2) is 27.9 Å². The second-order valence-electron chi connectivity index (χ2n) is 3.36. The standard InChI is InChI=1S/C8H8FNO.C4H5N3S/c1-10-8(11)6-4-2-3-5-7(6)9;5-3(8)4-6-1-2-7-4/h2-5H,1H3,(H,10,11);1-2H,(H2,5,8)(H,6,7). The predicted molar refractivity (Wildman–Crippen MR) is 74.3 cm³/mol. The normalized spacial score (nSPS) is 9.16. The first-order valence-electron chi connectivity index (χ1n) is 5.32. The molecule has 0 saturated heterocycles. The van der Waals surface area contributed by atoms with Gasteiger partial charge < -0.3 is 16.0 Å². The van der Waals surface area contributed by atoms with Crippen molar-refractivity contribution in [2.45, 2.75) is 0 Å². The Bertz CT molecular complexity index is 557. The number of nitrogens with two attached hydrogens (primary N) is 1. The molecule has 2 aromatic rings. The summed E-state index contributed by atoms with van der Waals surface area (Å²) in [6, 6.07) is 5.86. The van der Waals surface area contributed by atoms with Crippen LogP contribution in [0.1, 0.15) is 16.2 Å². The zero-order valence-corrected chi connectivity index (χ0v) is 11.0. The Morgan fingerprint density at radius 1 is 1.47 bits per heavy atom. The van der Waals surface area contributed by atoms with Crippen molar-refractivity contribution in [2.24, 2.45) is 5.73 Å². The zero-order chi connectivity index (χ0) is 14.3. The van der Waals surface area contributed by atoms with E-state index in [1.165, 1.54) is 19.2 Å². The predicted octanol–water partition coefficient (Wildman–Crippen LogP) is 1.23. The molecule has 0 radical (unpaired) electrons. The van der Waals surface area contributed by atoms with E-state index in [4.69, 9.17) is 5.73 Å². The van der Waals surface area contributed by atoms with Gasteiger partial charge in [0.25, 0.3) is 5.91 Å². The molecule has 5 nitrogen and oxygen atoms in total. The molecule has 2 rings (SSSR count). The third kappa shape index (κ3) is 4.47. The molecule has 1 aromatic heterocycles. The van der Waals surface area contributed by atoms with Gasteiger partial charge in [-0.3, -0.25) is 4.79 Å². The first-order valence-corrected chi connectivity index (χ1v) is 5.73. The molecular formula is C12H13FN4OS. The molecule has 1 amide bonds. The largest absolute Gasteiger partial charge is 0.387 e. The van der Waals surface area contributed by atoms with Gasteiger partial charge in [0.1, 0.15) is 10.8 Å². The van der Waals surface area contributed by atoms with Gasteiger partial charge in [0.05, 0.1) is 5.56 Å². The van der Waals surface area contributed by atoms with Gasteiger partial charge in [0, 0.05) is 19.4 Å². The number of amides is 1. The van der Waals surface area contributed by atoms with Crippen LogP contribution < -0.4 is 11.1 Å². The molecule has 0 spiro atoms. The lowest BCUT2D eigenvalue weighted by atomic mass is 10.2. The second-order valence-corrected chi connectivity index (χ2v) is 3.80.